The molecule has 2 heterocycles. The number of aromatic nitrogens is 3. The highest BCUT2D eigenvalue weighted by Crippen LogP contribution is 2.10. The van der Waals surface area contributed by atoms with Crippen LogP contribution in [0.15, 0.2) is 35.3 Å². The normalized spacial score (nSPS) is 10.0. The maximum Gasteiger partial charge on any atom is 0.324 e. The van der Waals surface area contributed by atoms with Crippen LogP contribution in [0.25, 0.3) is 11.4 Å². The first-order valence-corrected chi connectivity index (χ1v) is 4.41. The Labute approximate surface area is 84.7 Å². The van der Waals surface area contributed by atoms with Gasteiger partial charge in [0.25, 0.3) is 0 Å². The number of hydrogen-bond acceptors (Lipinski definition) is 3. The fourth-order valence-corrected chi connectivity index (χ4v) is 1.34. The van der Waals surface area contributed by atoms with Crippen molar-refractivity contribution in [3.8, 4) is 11.4 Å². The maximum atomic E-state index is 11.1. The Morgan fingerprint density at radius 2 is 2.14 bits per heavy atom. The molecule has 2 aromatic heterocycles. The van der Waals surface area contributed by atoms with Gasteiger partial charge in [0.1, 0.15) is 4.64 Å². The summed E-state index contributed by atoms with van der Waals surface area (Å²) < 4.78 is 0.398. The third-order valence-electron chi connectivity index (χ3n) is 1.70. The lowest BCUT2D eigenvalue weighted by molar-refractivity contribution is 1.06. The Morgan fingerprint density at radius 3 is 2.79 bits per heavy atom. The highest BCUT2D eigenvalue weighted by Gasteiger charge is 1.98. The van der Waals surface area contributed by atoms with Gasteiger partial charge in [0.2, 0.25) is 0 Å². The Balaban J connectivity index is 2.64. The van der Waals surface area contributed by atoms with E-state index >= 15 is 0 Å². The monoisotopic (exact) mass is 205 g/mol. The van der Waals surface area contributed by atoms with E-state index in [0.717, 1.165) is 0 Å². The Bertz CT molecular complexity index is 515. The molecule has 14 heavy (non-hydrogen) atoms. The number of rotatable bonds is 1. The second kappa shape index (κ2) is 3.55. The zero-order chi connectivity index (χ0) is 9.97. The lowest BCUT2D eigenvalue weighted by atomic mass is 10.3. The fourth-order valence-electron chi connectivity index (χ4n) is 1.13. The first-order valence-electron chi connectivity index (χ1n) is 4.01. The minimum Gasteiger partial charge on any atom is -0.306 e. The van der Waals surface area contributed by atoms with E-state index < -0.39 is 0 Å². The van der Waals surface area contributed by atoms with Crippen LogP contribution in [0, 0.1) is 4.64 Å². The van der Waals surface area contributed by atoms with Crippen LogP contribution in [0.2, 0.25) is 0 Å². The fraction of sp³-hybridized carbons (Fsp3) is 0. The predicted molar refractivity (Wildman–Crippen MR) is 55.5 cm³/mol. The molecule has 0 spiro atoms. The first kappa shape index (κ1) is 8.83. The summed E-state index contributed by atoms with van der Waals surface area (Å²) in [6, 6.07) is 7.13. The first-order chi connectivity index (χ1) is 6.75. The average molecular weight is 205 g/mol. The van der Waals surface area contributed by atoms with Gasteiger partial charge in [0.05, 0.1) is 11.4 Å². The van der Waals surface area contributed by atoms with E-state index in [0.29, 0.717) is 16.0 Å². The molecular formula is C9H7N3OS. The number of nitrogens with zero attached hydrogens (tertiary/aromatic N) is 1. The maximum absolute atomic E-state index is 11.1. The quantitative estimate of drug-likeness (QED) is 0.693. The van der Waals surface area contributed by atoms with Gasteiger partial charge in [-0.05, 0) is 18.2 Å². The van der Waals surface area contributed by atoms with Gasteiger partial charge in [-0.1, -0.05) is 18.3 Å². The number of nitrogens with one attached hydrogen (secondary N) is 2. The smallest absolute Gasteiger partial charge is 0.306 e. The molecule has 0 aliphatic rings. The highest BCUT2D eigenvalue weighted by molar-refractivity contribution is 7.71. The topological polar surface area (TPSA) is 61.5 Å². The summed E-state index contributed by atoms with van der Waals surface area (Å²) in [4.78, 5) is 20.3. The van der Waals surface area contributed by atoms with Gasteiger partial charge in [-0.3, -0.25) is 9.97 Å². The zero-order valence-electron chi connectivity index (χ0n) is 7.15. The van der Waals surface area contributed by atoms with Crippen molar-refractivity contribution in [2.45, 2.75) is 0 Å². The highest BCUT2D eigenvalue weighted by atomic mass is 32.1. The lowest BCUT2D eigenvalue weighted by Gasteiger charge is -1.98. The predicted octanol–water partition coefficient (Wildman–Crippen LogP) is 1.49. The molecule has 5 heteroatoms. The van der Waals surface area contributed by atoms with Gasteiger partial charge in [-0.2, -0.15) is 0 Å². The molecule has 0 aliphatic heterocycles. The minimum absolute atomic E-state index is 0.321. The van der Waals surface area contributed by atoms with E-state index in [2.05, 4.69) is 15.0 Å². The van der Waals surface area contributed by atoms with Crippen molar-refractivity contribution in [3.63, 3.8) is 0 Å². The molecule has 0 fully saturated rings. The summed E-state index contributed by atoms with van der Waals surface area (Å²) in [5, 5.41) is 0. The van der Waals surface area contributed by atoms with Crippen molar-refractivity contribution in [2.75, 3.05) is 0 Å². The van der Waals surface area contributed by atoms with Crippen LogP contribution in [0.4, 0.5) is 0 Å². The van der Waals surface area contributed by atoms with Crippen LogP contribution < -0.4 is 5.69 Å². The molecule has 0 aliphatic carbocycles. The summed E-state index contributed by atoms with van der Waals surface area (Å²) in [5.41, 5.74) is 1.00. The van der Waals surface area contributed by atoms with Crippen LogP contribution in [0.1, 0.15) is 0 Å². The summed E-state index contributed by atoms with van der Waals surface area (Å²) in [7, 11) is 0. The zero-order valence-corrected chi connectivity index (χ0v) is 7.97. The minimum atomic E-state index is -0.321. The van der Waals surface area contributed by atoms with E-state index in [1.165, 1.54) is 0 Å². The van der Waals surface area contributed by atoms with Crippen LogP contribution in [0.3, 0.4) is 0 Å². The van der Waals surface area contributed by atoms with E-state index in [4.69, 9.17) is 12.2 Å². The van der Waals surface area contributed by atoms with Crippen molar-refractivity contribution < 1.29 is 0 Å². The van der Waals surface area contributed by atoms with Gasteiger partial charge in [-0.15, -0.1) is 0 Å². The molecule has 2 aromatic rings. The molecular weight excluding hydrogens is 198 g/mol. The van der Waals surface area contributed by atoms with Gasteiger partial charge in [-0.25, -0.2) is 4.79 Å². The van der Waals surface area contributed by atoms with E-state index in [9.17, 15) is 4.79 Å². The molecule has 0 saturated carbocycles. The van der Waals surface area contributed by atoms with Gasteiger partial charge in [0.15, 0.2) is 0 Å². The van der Waals surface area contributed by atoms with Crippen LogP contribution in [-0.2, 0) is 0 Å². The van der Waals surface area contributed by atoms with Crippen molar-refractivity contribution in [1.82, 2.24) is 15.0 Å². The number of H-pyrrole nitrogens is 2. The van der Waals surface area contributed by atoms with Crippen molar-refractivity contribution in [1.29, 1.82) is 0 Å². The van der Waals surface area contributed by atoms with E-state index in [1.54, 1.807) is 18.3 Å². The lowest BCUT2D eigenvalue weighted by Crippen LogP contribution is -2.10. The van der Waals surface area contributed by atoms with Crippen LogP contribution in [0.5, 0.6) is 0 Å². The standard InChI is InChI=1S/C9H7N3OS/c13-9-11-7(5-8(14)12-9)6-3-1-2-4-10-6/h1-5H,(H2,11,12,13,14). The molecule has 0 amide bonds. The third kappa shape index (κ3) is 1.77. The second-order valence-electron chi connectivity index (χ2n) is 2.72. The Morgan fingerprint density at radius 1 is 1.29 bits per heavy atom. The molecule has 2 rings (SSSR count). The number of hydrogen-bond donors (Lipinski definition) is 2. The van der Waals surface area contributed by atoms with Crippen LogP contribution >= 0.6 is 12.2 Å². The molecule has 2 N–H and O–H groups in total. The second-order valence-corrected chi connectivity index (χ2v) is 3.16. The van der Waals surface area contributed by atoms with Gasteiger partial charge in [0, 0.05) is 6.20 Å². The third-order valence-corrected chi connectivity index (χ3v) is 1.92. The SMILES string of the molecule is O=c1[nH]c(-c2ccccn2)cc(=S)[nH]1. The molecule has 0 saturated heterocycles. The molecule has 4 nitrogen and oxygen atoms in total. The summed E-state index contributed by atoms with van der Waals surface area (Å²) in [6.45, 7) is 0. The summed E-state index contributed by atoms with van der Waals surface area (Å²) in [6.07, 6.45) is 1.66. The molecule has 0 radical (unpaired) electrons. The molecule has 0 unspecified atom stereocenters. The van der Waals surface area contributed by atoms with Crippen molar-refractivity contribution in [2.24, 2.45) is 0 Å². The Hall–Kier alpha value is -1.75. The van der Waals surface area contributed by atoms with E-state index in [-0.39, 0.29) is 5.69 Å². The largest absolute Gasteiger partial charge is 0.324 e. The molecule has 0 bridgehead atoms. The molecule has 70 valence electrons. The van der Waals surface area contributed by atoms with Gasteiger partial charge < -0.3 is 4.98 Å². The summed E-state index contributed by atoms with van der Waals surface area (Å²) in [5.74, 6) is 0. The average Bonchev–Trinajstić information content (AvgIpc) is 2.18. The van der Waals surface area contributed by atoms with Crippen molar-refractivity contribution in [3.05, 3.63) is 45.6 Å². The van der Waals surface area contributed by atoms with E-state index in [1.807, 2.05) is 12.1 Å². The van der Waals surface area contributed by atoms with Crippen molar-refractivity contribution >= 4 is 12.2 Å². The number of aromatic amines is 2. The Kier molecular flexibility index (Phi) is 2.24. The number of pyridine rings is 1. The molecule has 0 atom stereocenters. The van der Waals surface area contributed by atoms with Gasteiger partial charge >= 0.3 is 5.69 Å². The summed E-state index contributed by atoms with van der Waals surface area (Å²) >= 11 is 4.88. The van der Waals surface area contributed by atoms with Crippen LogP contribution in [-0.4, -0.2) is 15.0 Å². The molecule has 0 aromatic carbocycles.